The van der Waals surface area contributed by atoms with Crippen molar-refractivity contribution in [2.24, 2.45) is 0 Å². The summed E-state index contributed by atoms with van der Waals surface area (Å²) in [5.41, 5.74) is 2.70. The highest BCUT2D eigenvalue weighted by molar-refractivity contribution is 7.18. The molecule has 0 unspecified atom stereocenters. The Bertz CT molecular complexity index is 502. The first-order valence-corrected chi connectivity index (χ1v) is 6.40. The zero-order valence-corrected chi connectivity index (χ0v) is 9.73. The predicted octanol–water partition coefficient (Wildman–Crippen LogP) is 3.27. The van der Waals surface area contributed by atoms with Gasteiger partial charge in [0.1, 0.15) is 11.2 Å². The Balaban J connectivity index is 2.29. The third-order valence-corrected chi connectivity index (χ3v) is 4.39. The summed E-state index contributed by atoms with van der Waals surface area (Å²) in [6, 6.07) is 0. The summed E-state index contributed by atoms with van der Waals surface area (Å²) in [4.78, 5) is 11.4. The molecule has 0 saturated heterocycles. The van der Waals surface area contributed by atoms with Gasteiger partial charge < -0.3 is 0 Å². The lowest BCUT2D eigenvalue weighted by Crippen LogP contribution is -1.89. The Hall–Kier alpha value is -0.960. The van der Waals surface area contributed by atoms with Crippen LogP contribution in [0.25, 0.3) is 10.2 Å². The number of rotatable bonds is 0. The van der Waals surface area contributed by atoms with E-state index >= 15 is 0 Å². The Morgan fingerprint density at radius 3 is 2.93 bits per heavy atom. The molecule has 2 nitrogen and oxygen atoms in total. The number of aryl methyl sites for hydroxylation is 3. The quantitative estimate of drug-likeness (QED) is 0.634. The lowest BCUT2D eigenvalue weighted by Gasteiger charge is -1.99. The third kappa shape index (κ3) is 1.46. The summed E-state index contributed by atoms with van der Waals surface area (Å²) >= 11 is 1.88. The van der Waals surface area contributed by atoms with Gasteiger partial charge in [0.15, 0.2) is 0 Å². The second-order valence-corrected chi connectivity index (χ2v) is 5.29. The van der Waals surface area contributed by atoms with E-state index in [1.54, 1.807) is 16.8 Å². The van der Waals surface area contributed by atoms with Crippen molar-refractivity contribution in [3.63, 3.8) is 0 Å². The van der Waals surface area contributed by atoms with Gasteiger partial charge in [-0.3, -0.25) is 0 Å². The van der Waals surface area contributed by atoms with Gasteiger partial charge in [0, 0.05) is 16.0 Å². The fraction of sp³-hybridized carbons (Fsp3) is 0.500. The molecule has 0 radical (unpaired) electrons. The fourth-order valence-corrected chi connectivity index (χ4v) is 3.70. The van der Waals surface area contributed by atoms with Gasteiger partial charge in [-0.05, 0) is 38.2 Å². The minimum absolute atomic E-state index is 1.15. The van der Waals surface area contributed by atoms with E-state index in [0.717, 1.165) is 5.69 Å². The summed E-state index contributed by atoms with van der Waals surface area (Å²) in [6.07, 6.45) is 8.20. The second-order valence-electron chi connectivity index (χ2n) is 4.20. The fourth-order valence-electron chi connectivity index (χ4n) is 2.42. The largest absolute Gasteiger partial charge is 0.241 e. The summed E-state index contributed by atoms with van der Waals surface area (Å²) < 4.78 is 0. The molecule has 78 valence electrons. The maximum Gasteiger partial charge on any atom is 0.127 e. The van der Waals surface area contributed by atoms with Crippen LogP contribution in [0.1, 0.15) is 35.4 Å². The van der Waals surface area contributed by atoms with E-state index < -0.39 is 0 Å². The lowest BCUT2D eigenvalue weighted by atomic mass is 10.1. The molecular weight excluding hydrogens is 204 g/mol. The summed E-state index contributed by atoms with van der Waals surface area (Å²) in [5.74, 6) is 0. The van der Waals surface area contributed by atoms with Gasteiger partial charge in [-0.15, -0.1) is 11.3 Å². The third-order valence-electron chi connectivity index (χ3n) is 3.19. The van der Waals surface area contributed by atoms with Crippen molar-refractivity contribution in [1.82, 2.24) is 9.97 Å². The van der Waals surface area contributed by atoms with Crippen LogP contribution in [0, 0.1) is 6.92 Å². The standard InChI is InChI=1S/C12H14N2S/c1-8-11-9-5-3-2-4-6-10(9)15-12(11)14-7-13-8/h7H,2-6H2,1H3. The van der Waals surface area contributed by atoms with Gasteiger partial charge in [-0.2, -0.15) is 0 Å². The van der Waals surface area contributed by atoms with E-state index in [0.29, 0.717) is 0 Å². The van der Waals surface area contributed by atoms with Crippen LogP contribution in [0.2, 0.25) is 0 Å². The van der Waals surface area contributed by atoms with E-state index in [4.69, 9.17) is 0 Å². The average Bonchev–Trinajstić information content (AvgIpc) is 2.43. The molecule has 3 rings (SSSR count). The number of hydrogen-bond donors (Lipinski definition) is 0. The normalized spacial score (nSPS) is 16.3. The first-order chi connectivity index (χ1) is 7.36. The molecule has 15 heavy (non-hydrogen) atoms. The first kappa shape index (κ1) is 9.28. The van der Waals surface area contributed by atoms with E-state index in [-0.39, 0.29) is 0 Å². The van der Waals surface area contributed by atoms with E-state index in [1.807, 2.05) is 11.3 Å². The highest BCUT2D eigenvalue weighted by Gasteiger charge is 2.16. The van der Waals surface area contributed by atoms with Crippen LogP contribution in [-0.2, 0) is 12.8 Å². The zero-order chi connectivity index (χ0) is 10.3. The molecule has 0 atom stereocenters. The van der Waals surface area contributed by atoms with Gasteiger partial charge in [-0.25, -0.2) is 9.97 Å². The molecule has 3 heteroatoms. The second kappa shape index (κ2) is 3.56. The van der Waals surface area contributed by atoms with Gasteiger partial charge in [-0.1, -0.05) is 6.42 Å². The van der Waals surface area contributed by atoms with Crippen LogP contribution in [-0.4, -0.2) is 9.97 Å². The maximum atomic E-state index is 4.39. The maximum absolute atomic E-state index is 4.39. The van der Waals surface area contributed by atoms with Gasteiger partial charge >= 0.3 is 0 Å². The van der Waals surface area contributed by atoms with Crippen molar-refractivity contribution in [2.75, 3.05) is 0 Å². The van der Waals surface area contributed by atoms with Crippen LogP contribution in [0.5, 0.6) is 0 Å². The van der Waals surface area contributed by atoms with Crippen molar-refractivity contribution >= 4 is 21.6 Å². The molecule has 0 fully saturated rings. The highest BCUT2D eigenvalue weighted by atomic mass is 32.1. The van der Waals surface area contributed by atoms with E-state index in [9.17, 15) is 0 Å². The molecule has 1 aliphatic rings. The molecule has 0 bridgehead atoms. The summed E-state index contributed by atoms with van der Waals surface area (Å²) in [5, 5.41) is 1.35. The molecule has 0 amide bonds. The van der Waals surface area contributed by atoms with Gasteiger partial charge in [0.25, 0.3) is 0 Å². The smallest absolute Gasteiger partial charge is 0.127 e. The van der Waals surface area contributed by atoms with E-state index in [2.05, 4.69) is 16.9 Å². The van der Waals surface area contributed by atoms with E-state index in [1.165, 1.54) is 42.3 Å². The minimum Gasteiger partial charge on any atom is -0.241 e. The Kier molecular flexibility index (Phi) is 2.20. The first-order valence-electron chi connectivity index (χ1n) is 5.58. The number of fused-ring (bicyclic) bond motifs is 3. The number of aromatic nitrogens is 2. The molecule has 0 saturated carbocycles. The Morgan fingerprint density at radius 1 is 1.13 bits per heavy atom. The van der Waals surface area contributed by atoms with Crippen LogP contribution >= 0.6 is 11.3 Å². The topological polar surface area (TPSA) is 25.8 Å². The Labute approximate surface area is 93.4 Å². The predicted molar refractivity (Wildman–Crippen MR) is 63.4 cm³/mol. The number of thiophene rings is 1. The highest BCUT2D eigenvalue weighted by Crippen LogP contribution is 2.35. The van der Waals surface area contributed by atoms with Crippen molar-refractivity contribution in [1.29, 1.82) is 0 Å². The Morgan fingerprint density at radius 2 is 2.00 bits per heavy atom. The minimum atomic E-state index is 1.15. The molecule has 0 aliphatic heterocycles. The molecule has 2 heterocycles. The molecule has 0 N–H and O–H groups in total. The van der Waals surface area contributed by atoms with Crippen molar-refractivity contribution in [3.8, 4) is 0 Å². The molecule has 0 aromatic carbocycles. The molecule has 0 spiro atoms. The van der Waals surface area contributed by atoms with Crippen LogP contribution in [0.15, 0.2) is 6.33 Å². The van der Waals surface area contributed by atoms with Crippen LogP contribution in [0.4, 0.5) is 0 Å². The number of nitrogens with zero attached hydrogens (tertiary/aromatic N) is 2. The van der Waals surface area contributed by atoms with Crippen LogP contribution in [0.3, 0.4) is 0 Å². The summed E-state index contributed by atoms with van der Waals surface area (Å²) in [6.45, 7) is 2.10. The van der Waals surface area contributed by atoms with Crippen molar-refractivity contribution < 1.29 is 0 Å². The SMILES string of the molecule is Cc1ncnc2sc3c(c12)CCCCC3. The monoisotopic (exact) mass is 218 g/mol. The van der Waals surface area contributed by atoms with Crippen molar-refractivity contribution in [3.05, 3.63) is 22.5 Å². The average molecular weight is 218 g/mol. The van der Waals surface area contributed by atoms with Gasteiger partial charge in [0.05, 0.1) is 0 Å². The zero-order valence-electron chi connectivity index (χ0n) is 8.92. The molecule has 2 aromatic rings. The molecule has 1 aliphatic carbocycles. The van der Waals surface area contributed by atoms with Crippen LogP contribution < -0.4 is 0 Å². The van der Waals surface area contributed by atoms with Crippen molar-refractivity contribution in [2.45, 2.75) is 39.0 Å². The summed E-state index contributed by atoms with van der Waals surface area (Å²) in [7, 11) is 0. The number of hydrogen-bond acceptors (Lipinski definition) is 3. The molecule has 2 aromatic heterocycles. The van der Waals surface area contributed by atoms with Gasteiger partial charge in [0.2, 0.25) is 0 Å². The lowest BCUT2D eigenvalue weighted by molar-refractivity contribution is 0.713. The molecular formula is C12H14N2S.